The molecule has 0 spiro atoms. The fraction of sp³-hybridized carbons (Fsp3) is 0.200. The van der Waals surface area contributed by atoms with Crippen LogP contribution >= 0.6 is 38.9 Å². The molecule has 0 fully saturated rings. The molecule has 3 rings (SSSR count). The van der Waals surface area contributed by atoms with Crippen LogP contribution in [0, 0.1) is 0 Å². The average Bonchev–Trinajstić information content (AvgIpc) is 3.08. The fourth-order valence-electron chi connectivity index (χ4n) is 2.05. The summed E-state index contributed by atoms with van der Waals surface area (Å²) in [5, 5.41) is 4.04. The van der Waals surface area contributed by atoms with Crippen molar-refractivity contribution in [3.63, 3.8) is 0 Å². The number of hydrogen-bond donors (Lipinski definition) is 0. The van der Waals surface area contributed by atoms with Gasteiger partial charge in [-0.05, 0) is 31.3 Å². The van der Waals surface area contributed by atoms with Crippen molar-refractivity contribution in [1.29, 1.82) is 0 Å². The summed E-state index contributed by atoms with van der Waals surface area (Å²) in [6, 6.07) is 11.8. The van der Waals surface area contributed by atoms with E-state index in [1.54, 1.807) is 11.3 Å². The minimum Gasteiger partial charge on any atom is -0.338 e. The van der Waals surface area contributed by atoms with Gasteiger partial charge in [0, 0.05) is 21.5 Å². The van der Waals surface area contributed by atoms with Crippen molar-refractivity contribution >= 4 is 38.9 Å². The lowest BCUT2D eigenvalue weighted by Crippen LogP contribution is -2.16. The summed E-state index contributed by atoms with van der Waals surface area (Å²) in [6.07, 6.45) is 0. The third kappa shape index (κ3) is 3.95. The van der Waals surface area contributed by atoms with E-state index in [1.807, 2.05) is 43.4 Å². The number of rotatable bonds is 5. The van der Waals surface area contributed by atoms with Crippen molar-refractivity contribution in [1.82, 2.24) is 15.0 Å². The molecule has 22 heavy (non-hydrogen) atoms. The second-order valence-electron chi connectivity index (χ2n) is 4.90. The molecule has 4 nitrogen and oxygen atoms in total. The Morgan fingerprint density at radius 1 is 1.27 bits per heavy atom. The van der Waals surface area contributed by atoms with Crippen molar-refractivity contribution in [2.45, 2.75) is 13.1 Å². The van der Waals surface area contributed by atoms with Gasteiger partial charge in [0.05, 0.1) is 10.9 Å². The van der Waals surface area contributed by atoms with Gasteiger partial charge in [-0.1, -0.05) is 44.8 Å². The van der Waals surface area contributed by atoms with Crippen molar-refractivity contribution < 1.29 is 4.52 Å². The SMILES string of the molecule is CN(Cc1nc(-c2cccc(Br)c2)no1)Cc1ccc(Cl)s1. The van der Waals surface area contributed by atoms with Crippen LogP contribution < -0.4 is 0 Å². The highest BCUT2D eigenvalue weighted by Crippen LogP contribution is 2.23. The molecule has 0 unspecified atom stereocenters. The first kappa shape index (κ1) is 15.7. The molecular formula is C15H13BrClN3OS. The zero-order valence-corrected chi connectivity index (χ0v) is 15.0. The van der Waals surface area contributed by atoms with Gasteiger partial charge >= 0.3 is 0 Å². The van der Waals surface area contributed by atoms with Crippen molar-refractivity contribution in [3.05, 3.63) is 56.0 Å². The maximum absolute atomic E-state index is 5.94. The van der Waals surface area contributed by atoms with E-state index in [2.05, 4.69) is 31.0 Å². The average molecular weight is 399 g/mol. The molecule has 0 N–H and O–H groups in total. The topological polar surface area (TPSA) is 42.2 Å². The van der Waals surface area contributed by atoms with Crippen LogP contribution in [0.25, 0.3) is 11.4 Å². The number of benzene rings is 1. The van der Waals surface area contributed by atoms with E-state index >= 15 is 0 Å². The van der Waals surface area contributed by atoms with Crippen LogP contribution in [0.3, 0.4) is 0 Å². The van der Waals surface area contributed by atoms with Crippen LogP contribution in [-0.4, -0.2) is 22.1 Å². The lowest BCUT2D eigenvalue weighted by molar-refractivity contribution is 0.262. The molecule has 7 heteroatoms. The summed E-state index contributed by atoms with van der Waals surface area (Å²) in [5.74, 6) is 1.20. The van der Waals surface area contributed by atoms with E-state index in [-0.39, 0.29) is 0 Å². The predicted octanol–water partition coefficient (Wildman–Crippen LogP) is 4.85. The van der Waals surface area contributed by atoms with Crippen LogP contribution in [0.4, 0.5) is 0 Å². The highest BCUT2D eigenvalue weighted by Gasteiger charge is 2.12. The Kier molecular flexibility index (Phi) is 4.93. The van der Waals surface area contributed by atoms with Gasteiger partial charge < -0.3 is 4.52 Å². The second-order valence-corrected chi connectivity index (χ2v) is 7.62. The zero-order valence-electron chi connectivity index (χ0n) is 11.8. The Hall–Kier alpha value is -1.21. The van der Waals surface area contributed by atoms with Crippen LogP contribution in [0.5, 0.6) is 0 Å². The molecule has 3 aromatic rings. The lowest BCUT2D eigenvalue weighted by atomic mass is 10.2. The fourth-order valence-corrected chi connectivity index (χ4v) is 3.62. The Morgan fingerprint density at radius 2 is 2.14 bits per heavy atom. The van der Waals surface area contributed by atoms with Gasteiger partial charge in [-0.25, -0.2) is 0 Å². The third-order valence-corrected chi connectivity index (χ3v) is 4.72. The molecule has 0 saturated carbocycles. The molecule has 0 aliphatic carbocycles. The zero-order chi connectivity index (χ0) is 15.5. The first-order valence-corrected chi connectivity index (χ1v) is 8.60. The highest BCUT2D eigenvalue weighted by molar-refractivity contribution is 9.10. The normalized spacial score (nSPS) is 11.3. The Morgan fingerprint density at radius 3 is 2.86 bits per heavy atom. The third-order valence-electron chi connectivity index (χ3n) is 3.01. The first-order valence-electron chi connectivity index (χ1n) is 6.61. The van der Waals surface area contributed by atoms with E-state index in [9.17, 15) is 0 Å². The summed E-state index contributed by atoms with van der Waals surface area (Å²) in [7, 11) is 2.01. The van der Waals surface area contributed by atoms with Gasteiger partial charge in [0.15, 0.2) is 0 Å². The number of thiophene rings is 1. The summed E-state index contributed by atoms with van der Waals surface area (Å²) in [6.45, 7) is 1.39. The van der Waals surface area contributed by atoms with Gasteiger partial charge in [0.2, 0.25) is 11.7 Å². The van der Waals surface area contributed by atoms with E-state index in [0.717, 1.165) is 20.9 Å². The van der Waals surface area contributed by atoms with E-state index in [1.165, 1.54) is 4.88 Å². The molecular weight excluding hydrogens is 386 g/mol. The number of nitrogens with zero attached hydrogens (tertiary/aromatic N) is 3. The number of halogens is 2. The predicted molar refractivity (Wildman–Crippen MR) is 91.9 cm³/mol. The van der Waals surface area contributed by atoms with Crippen molar-refractivity contribution in [2.75, 3.05) is 7.05 Å². The van der Waals surface area contributed by atoms with Crippen LogP contribution in [0.2, 0.25) is 4.34 Å². The highest BCUT2D eigenvalue weighted by atomic mass is 79.9. The smallest absolute Gasteiger partial charge is 0.241 e. The van der Waals surface area contributed by atoms with E-state index < -0.39 is 0 Å². The molecule has 114 valence electrons. The van der Waals surface area contributed by atoms with Crippen LogP contribution in [0.1, 0.15) is 10.8 Å². The maximum atomic E-state index is 5.94. The maximum Gasteiger partial charge on any atom is 0.241 e. The van der Waals surface area contributed by atoms with E-state index in [4.69, 9.17) is 16.1 Å². The molecule has 0 aliphatic rings. The molecule has 0 amide bonds. The lowest BCUT2D eigenvalue weighted by Gasteiger charge is -2.12. The van der Waals surface area contributed by atoms with Crippen molar-refractivity contribution in [2.24, 2.45) is 0 Å². The molecule has 0 radical (unpaired) electrons. The van der Waals surface area contributed by atoms with Crippen LogP contribution in [0.15, 0.2) is 45.4 Å². The standard InChI is InChI=1S/C15H13BrClN3OS/c1-20(8-12-5-6-13(17)22-12)9-14-18-15(19-21-14)10-3-2-4-11(16)7-10/h2-7H,8-9H2,1H3. The summed E-state index contributed by atoms with van der Waals surface area (Å²) < 4.78 is 7.12. The molecule has 0 saturated heterocycles. The number of hydrogen-bond acceptors (Lipinski definition) is 5. The molecule has 0 bridgehead atoms. The number of aromatic nitrogens is 2. The summed E-state index contributed by atoms with van der Waals surface area (Å²) in [5.41, 5.74) is 0.928. The first-order chi connectivity index (χ1) is 10.6. The minimum absolute atomic E-state index is 0.594. The minimum atomic E-state index is 0.594. The van der Waals surface area contributed by atoms with Crippen molar-refractivity contribution in [3.8, 4) is 11.4 Å². The van der Waals surface area contributed by atoms with Gasteiger partial charge in [-0.2, -0.15) is 4.98 Å². The largest absolute Gasteiger partial charge is 0.338 e. The summed E-state index contributed by atoms with van der Waals surface area (Å²) in [4.78, 5) is 7.76. The Balaban J connectivity index is 1.66. The molecule has 0 atom stereocenters. The monoisotopic (exact) mass is 397 g/mol. The van der Waals surface area contributed by atoms with Crippen LogP contribution in [-0.2, 0) is 13.1 Å². The van der Waals surface area contributed by atoms with E-state index in [0.29, 0.717) is 18.3 Å². The molecule has 2 heterocycles. The molecule has 0 aliphatic heterocycles. The summed E-state index contributed by atoms with van der Waals surface area (Å²) >= 11 is 11.0. The molecule has 1 aromatic carbocycles. The van der Waals surface area contributed by atoms with Gasteiger partial charge in [-0.3, -0.25) is 4.90 Å². The quantitative estimate of drug-likeness (QED) is 0.616. The Labute approximate surface area is 145 Å². The molecule has 2 aromatic heterocycles. The van der Waals surface area contributed by atoms with Gasteiger partial charge in [-0.15, -0.1) is 11.3 Å². The van der Waals surface area contributed by atoms with Gasteiger partial charge in [0.25, 0.3) is 0 Å². The van der Waals surface area contributed by atoms with Gasteiger partial charge in [0.1, 0.15) is 0 Å². The second kappa shape index (κ2) is 6.91. The Bertz CT molecular complexity index is 774.